The van der Waals surface area contributed by atoms with Crippen molar-refractivity contribution < 1.29 is 14.6 Å². The second-order valence-electron chi connectivity index (χ2n) is 6.73. The standard InChI is InChI=1S/C16H24N4O5/c1-6-16(2,3)11(21)14(23)25-8-7-20-9-17-12-10(20)13(22)19(5)15(24)18(12)4/h9,11,21H,6-8H2,1-5H3. The van der Waals surface area contributed by atoms with Crippen molar-refractivity contribution in [1.82, 2.24) is 18.7 Å². The molecular formula is C16H24N4O5. The number of nitrogens with zero attached hydrogens (tertiary/aromatic N) is 4. The summed E-state index contributed by atoms with van der Waals surface area (Å²) in [7, 11) is 2.93. The number of carbonyl (C=O) groups excluding carboxylic acids is 1. The Morgan fingerprint density at radius 1 is 1.32 bits per heavy atom. The number of esters is 1. The molecule has 1 N–H and O–H groups in total. The molecule has 0 aliphatic carbocycles. The van der Waals surface area contributed by atoms with Gasteiger partial charge in [0.25, 0.3) is 5.56 Å². The number of hydrogen-bond donors (Lipinski definition) is 1. The van der Waals surface area contributed by atoms with Gasteiger partial charge in [0.05, 0.1) is 12.9 Å². The van der Waals surface area contributed by atoms with Gasteiger partial charge >= 0.3 is 11.7 Å². The number of aliphatic hydroxyl groups is 1. The summed E-state index contributed by atoms with van der Waals surface area (Å²) in [6.07, 6.45) is 0.830. The highest BCUT2D eigenvalue weighted by Crippen LogP contribution is 2.25. The fourth-order valence-corrected chi connectivity index (χ4v) is 2.40. The number of aromatic nitrogens is 4. The topological polar surface area (TPSA) is 108 Å². The molecule has 2 heterocycles. The Kier molecular flexibility index (Phi) is 5.17. The fraction of sp³-hybridized carbons (Fsp3) is 0.625. The van der Waals surface area contributed by atoms with Gasteiger partial charge in [0.15, 0.2) is 17.3 Å². The van der Waals surface area contributed by atoms with Crippen molar-refractivity contribution in [3.05, 3.63) is 27.2 Å². The Morgan fingerprint density at radius 2 is 1.96 bits per heavy atom. The third-order valence-corrected chi connectivity index (χ3v) is 4.67. The van der Waals surface area contributed by atoms with E-state index < -0.39 is 28.7 Å². The lowest BCUT2D eigenvalue weighted by molar-refractivity contribution is -0.160. The van der Waals surface area contributed by atoms with Crippen LogP contribution in [0, 0.1) is 5.41 Å². The highest BCUT2D eigenvalue weighted by Gasteiger charge is 2.33. The van der Waals surface area contributed by atoms with Gasteiger partial charge in [0.2, 0.25) is 0 Å². The maximum absolute atomic E-state index is 12.3. The van der Waals surface area contributed by atoms with E-state index in [0.717, 1.165) is 4.57 Å². The maximum Gasteiger partial charge on any atom is 0.335 e. The highest BCUT2D eigenvalue weighted by atomic mass is 16.5. The van der Waals surface area contributed by atoms with Gasteiger partial charge in [0, 0.05) is 19.5 Å². The summed E-state index contributed by atoms with van der Waals surface area (Å²) in [5.74, 6) is -0.698. The van der Waals surface area contributed by atoms with Crippen LogP contribution in [-0.2, 0) is 30.2 Å². The number of ether oxygens (including phenoxy) is 1. The summed E-state index contributed by atoms with van der Waals surface area (Å²) in [6.45, 7) is 5.62. The normalized spacial score (nSPS) is 13.2. The molecular weight excluding hydrogens is 328 g/mol. The number of imidazole rings is 1. The molecule has 0 saturated heterocycles. The van der Waals surface area contributed by atoms with E-state index >= 15 is 0 Å². The molecule has 0 amide bonds. The van der Waals surface area contributed by atoms with E-state index in [-0.39, 0.29) is 24.3 Å². The second kappa shape index (κ2) is 6.83. The summed E-state index contributed by atoms with van der Waals surface area (Å²) >= 11 is 0. The molecule has 0 fully saturated rings. The molecule has 138 valence electrons. The van der Waals surface area contributed by atoms with E-state index in [1.807, 2.05) is 6.92 Å². The van der Waals surface area contributed by atoms with Gasteiger partial charge in [0.1, 0.15) is 6.61 Å². The van der Waals surface area contributed by atoms with Crippen LogP contribution in [0.25, 0.3) is 11.2 Å². The Hall–Kier alpha value is -2.42. The van der Waals surface area contributed by atoms with Crippen molar-refractivity contribution in [1.29, 1.82) is 0 Å². The van der Waals surface area contributed by atoms with E-state index in [1.54, 1.807) is 13.8 Å². The molecule has 0 aliphatic heterocycles. The molecule has 2 aromatic heterocycles. The van der Waals surface area contributed by atoms with Gasteiger partial charge in [-0.25, -0.2) is 14.6 Å². The number of fused-ring (bicyclic) bond motifs is 1. The Balaban J connectivity index is 2.17. The van der Waals surface area contributed by atoms with E-state index in [4.69, 9.17) is 4.74 Å². The predicted octanol–water partition coefficient (Wildman–Crippen LogP) is -0.226. The van der Waals surface area contributed by atoms with Gasteiger partial charge in [-0.05, 0) is 6.42 Å². The molecule has 1 unspecified atom stereocenters. The molecule has 0 bridgehead atoms. The molecule has 1 atom stereocenters. The third-order valence-electron chi connectivity index (χ3n) is 4.67. The van der Waals surface area contributed by atoms with E-state index in [9.17, 15) is 19.5 Å². The first-order chi connectivity index (χ1) is 11.6. The van der Waals surface area contributed by atoms with Crippen molar-refractivity contribution in [3.8, 4) is 0 Å². The van der Waals surface area contributed by atoms with Crippen molar-refractivity contribution in [2.24, 2.45) is 19.5 Å². The molecule has 9 nitrogen and oxygen atoms in total. The van der Waals surface area contributed by atoms with Crippen LogP contribution in [0.1, 0.15) is 27.2 Å². The first-order valence-corrected chi connectivity index (χ1v) is 8.07. The van der Waals surface area contributed by atoms with Crippen molar-refractivity contribution in [2.45, 2.75) is 39.8 Å². The van der Waals surface area contributed by atoms with Gasteiger partial charge in [-0.3, -0.25) is 13.9 Å². The monoisotopic (exact) mass is 352 g/mol. The van der Waals surface area contributed by atoms with Crippen LogP contribution in [0.5, 0.6) is 0 Å². The number of rotatable bonds is 6. The Morgan fingerprint density at radius 3 is 2.56 bits per heavy atom. The summed E-state index contributed by atoms with van der Waals surface area (Å²) in [6, 6.07) is 0. The molecule has 0 radical (unpaired) electrons. The van der Waals surface area contributed by atoms with Gasteiger partial charge in [-0.2, -0.15) is 0 Å². The molecule has 0 saturated carbocycles. The summed E-state index contributed by atoms with van der Waals surface area (Å²) < 4.78 is 8.94. The van der Waals surface area contributed by atoms with Crippen molar-refractivity contribution in [2.75, 3.05) is 6.61 Å². The minimum atomic E-state index is -1.22. The van der Waals surface area contributed by atoms with E-state index in [2.05, 4.69) is 4.98 Å². The number of hydrogen-bond acceptors (Lipinski definition) is 6. The highest BCUT2D eigenvalue weighted by molar-refractivity contribution is 5.75. The predicted molar refractivity (Wildman–Crippen MR) is 91.3 cm³/mol. The van der Waals surface area contributed by atoms with Crippen LogP contribution >= 0.6 is 0 Å². The molecule has 2 aromatic rings. The largest absolute Gasteiger partial charge is 0.462 e. The van der Waals surface area contributed by atoms with Gasteiger partial charge in [-0.1, -0.05) is 20.8 Å². The lowest BCUT2D eigenvalue weighted by Crippen LogP contribution is -2.38. The Labute approximate surface area is 144 Å². The smallest absolute Gasteiger partial charge is 0.335 e. The average Bonchev–Trinajstić information content (AvgIpc) is 3.01. The van der Waals surface area contributed by atoms with Gasteiger partial charge < -0.3 is 14.4 Å². The number of carbonyl (C=O) groups is 1. The summed E-state index contributed by atoms with van der Waals surface area (Å²) in [4.78, 5) is 40.2. The number of aryl methyl sites for hydroxylation is 1. The first-order valence-electron chi connectivity index (χ1n) is 8.07. The van der Waals surface area contributed by atoms with Crippen molar-refractivity contribution >= 4 is 17.1 Å². The Bertz CT molecular complexity index is 906. The van der Waals surface area contributed by atoms with Gasteiger partial charge in [-0.15, -0.1) is 0 Å². The second-order valence-corrected chi connectivity index (χ2v) is 6.73. The molecule has 0 spiro atoms. The van der Waals surface area contributed by atoms with Crippen LogP contribution in [0.4, 0.5) is 0 Å². The first kappa shape index (κ1) is 18.9. The molecule has 2 rings (SSSR count). The number of aliphatic hydroxyl groups excluding tert-OH is 1. The lowest BCUT2D eigenvalue weighted by Gasteiger charge is -2.27. The van der Waals surface area contributed by atoms with Crippen LogP contribution in [0.2, 0.25) is 0 Å². The zero-order valence-corrected chi connectivity index (χ0v) is 15.1. The SMILES string of the molecule is CCC(C)(C)C(O)C(=O)OCCn1cnc2c1c(=O)n(C)c(=O)n2C. The summed E-state index contributed by atoms with van der Waals surface area (Å²) in [5.41, 5.74) is -0.970. The molecule has 0 aromatic carbocycles. The zero-order chi connectivity index (χ0) is 18.9. The average molecular weight is 352 g/mol. The quantitative estimate of drug-likeness (QED) is 0.720. The zero-order valence-electron chi connectivity index (χ0n) is 15.1. The minimum absolute atomic E-state index is 0.0207. The van der Waals surface area contributed by atoms with Crippen LogP contribution < -0.4 is 11.2 Å². The minimum Gasteiger partial charge on any atom is -0.462 e. The molecule has 25 heavy (non-hydrogen) atoms. The van der Waals surface area contributed by atoms with Crippen LogP contribution in [0.3, 0.4) is 0 Å². The van der Waals surface area contributed by atoms with E-state index in [0.29, 0.717) is 6.42 Å². The fourth-order valence-electron chi connectivity index (χ4n) is 2.40. The van der Waals surface area contributed by atoms with Crippen LogP contribution in [-0.4, -0.2) is 42.5 Å². The van der Waals surface area contributed by atoms with Crippen LogP contribution in [0.15, 0.2) is 15.9 Å². The molecule has 9 heteroatoms. The summed E-state index contributed by atoms with van der Waals surface area (Å²) in [5, 5.41) is 10.0. The van der Waals surface area contributed by atoms with E-state index in [1.165, 1.54) is 29.6 Å². The van der Waals surface area contributed by atoms with Crippen molar-refractivity contribution in [3.63, 3.8) is 0 Å². The molecule has 0 aliphatic rings. The lowest BCUT2D eigenvalue weighted by atomic mass is 9.84. The maximum atomic E-state index is 12.3. The third kappa shape index (κ3) is 3.37.